The van der Waals surface area contributed by atoms with Gasteiger partial charge >= 0.3 is 0 Å². The first-order valence-electron chi connectivity index (χ1n) is 4.63. The number of rotatable bonds is 4. The molecule has 1 rings (SSSR count). The predicted molar refractivity (Wildman–Crippen MR) is 67.8 cm³/mol. The molecule has 0 atom stereocenters. The molecule has 1 amide bonds. The molecule has 106 valence electrons. The van der Waals surface area contributed by atoms with Crippen molar-refractivity contribution in [1.82, 2.24) is 5.32 Å². The van der Waals surface area contributed by atoms with E-state index in [-0.39, 0.29) is 10.6 Å². The summed E-state index contributed by atoms with van der Waals surface area (Å²) in [6.07, 6.45) is -2.75. The maximum Gasteiger partial charge on any atom is 0.262 e. The number of benzene rings is 1. The highest BCUT2D eigenvalue weighted by Gasteiger charge is 2.22. The lowest BCUT2D eigenvalue weighted by atomic mass is 10.2. The van der Waals surface area contributed by atoms with E-state index in [2.05, 4.69) is 0 Å². The van der Waals surface area contributed by atoms with Crippen molar-refractivity contribution < 1.29 is 22.0 Å². The average Bonchev–Trinajstić information content (AvgIpc) is 2.27. The second-order valence-corrected chi connectivity index (χ2v) is 6.65. The number of alkyl halides is 2. The van der Waals surface area contributed by atoms with Crippen molar-refractivity contribution in [3.05, 3.63) is 27.7 Å². The molecule has 0 unspecified atom stereocenters. The fourth-order valence-electron chi connectivity index (χ4n) is 1.17. The van der Waals surface area contributed by atoms with Gasteiger partial charge in [-0.2, -0.15) is 0 Å². The summed E-state index contributed by atoms with van der Waals surface area (Å²) < 4.78 is 46.4. The number of nitrogens with one attached hydrogen (secondary N) is 1. The van der Waals surface area contributed by atoms with Crippen LogP contribution >= 0.6 is 33.9 Å². The Morgan fingerprint density at radius 3 is 2.37 bits per heavy atom. The summed E-state index contributed by atoms with van der Waals surface area (Å²) >= 11 is 11.3. The van der Waals surface area contributed by atoms with E-state index in [0.717, 1.165) is 12.1 Å². The third-order valence-electron chi connectivity index (χ3n) is 1.93. The van der Waals surface area contributed by atoms with Crippen molar-refractivity contribution in [1.29, 1.82) is 0 Å². The van der Waals surface area contributed by atoms with E-state index >= 15 is 0 Å². The van der Waals surface area contributed by atoms with Crippen LogP contribution in [0.25, 0.3) is 0 Å². The van der Waals surface area contributed by atoms with Gasteiger partial charge in [0.15, 0.2) is 0 Å². The van der Waals surface area contributed by atoms with E-state index in [0.29, 0.717) is 0 Å². The standard InChI is InChI=1S/C9H6Cl3F2NO3S/c10-4-1-5(9(16)15-3-7(13)14)8(11)6(2-4)19(12,17)18/h1-2,7H,3H2,(H,15,16). The minimum atomic E-state index is -4.22. The Morgan fingerprint density at radius 2 is 1.89 bits per heavy atom. The molecule has 0 radical (unpaired) electrons. The highest BCUT2D eigenvalue weighted by molar-refractivity contribution is 8.13. The Labute approximate surface area is 122 Å². The average molecular weight is 353 g/mol. The summed E-state index contributed by atoms with van der Waals surface area (Å²) in [5.74, 6) is -0.977. The van der Waals surface area contributed by atoms with E-state index < -0.39 is 37.8 Å². The zero-order chi connectivity index (χ0) is 14.8. The van der Waals surface area contributed by atoms with Crippen LogP contribution in [0.5, 0.6) is 0 Å². The van der Waals surface area contributed by atoms with Gasteiger partial charge in [0.2, 0.25) is 0 Å². The Bertz CT molecular complexity index is 607. The second kappa shape index (κ2) is 6.21. The van der Waals surface area contributed by atoms with Crippen LogP contribution in [0, 0.1) is 0 Å². The number of carbonyl (C=O) groups excluding carboxylic acids is 1. The summed E-state index contributed by atoms with van der Waals surface area (Å²) in [6.45, 7) is -0.898. The molecular formula is C9H6Cl3F2NO3S. The summed E-state index contributed by atoms with van der Waals surface area (Å²) in [6, 6.07) is 2.01. The van der Waals surface area contributed by atoms with Crippen LogP contribution in [0.15, 0.2) is 17.0 Å². The van der Waals surface area contributed by atoms with E-state index in [9.17, 15) is 22.0 Å². The van der Waals surface area contributed by atoms with E-state index in [1.54, 1.807) is 0 Å². The van der Waals surface area contributed by atoms with Crippen LogP contribution in [0.1, 0.15) is 10.4 Å². The van der Waals surface area contributed by atoms with E-state index in [4.69, 9.17) is 33.9 Å². The fourth-order valence-corrected chi connectivity index (χ4v) is 3.03. The van der Waals surface area contributed by atoms with Crippen LogP contribution in [0.4, 0.5) is 8.78 Å². The van der Waals surface area contributed by atoms with E-state index in [1.807, 2.05) is 5.32 Å². The second-order valence-electron chi connectivity index (χ2n) is 3.30. The van der Waals surface area contributed by atoms with Crippen molar-refractivity contribution in [2.75, 3.05) is 6.54 Å². The lowest BCUT2D eigenvalue weighted by Gasteiger charge is -2.09. The summed E-state index contributed by atoms with van der Waals surface area (Å²) in [5.41, 5.74) is -0.353. The van der Waals surface area contributed by atoms with Gasteiger partial charge in [-0.1, -0.05) is 23.2 Å². The molecule has 1 aromatic rings. The minimum Gasteiger partial charge on any atom is -0.346 e. The van der Waals surface area contributed by atoms with Crippen molar-refractivity contribution in [3.8, 4) is 0 Å². The zero-order valence-electron chi connectivity index (χ0n) is 8.96. The zero-order valence-corrected chi connectivity index (χ0v) is 12.0. The van der Waals surface area contributed by atoms with Crippen LogP contribution in [0.3, 0.4) is 0 Å². The first-order chi connectivity index (χ1) is 8.62. The molecule has 0 bridgehead atoms. The number of amides is 1. The molecule has 0 aliphatic rings. The smallest absolute Gasteiger partial charge is 0.262 e. The Kier molecular flexibility index (Phi) is 5.37. The number of carbonyl (C=O) groups is 1. The first-order valence-corrected chi connectivity index (χ1v) is 7.69. The monoisotopic (exact) mass is 351 g/mol. The molecule has 1 N–H and O–H groups in total. The van der Waals surface area contributed by atoms with Crippen LogP contribution < -0.4 is 5.32 Å². The highest BCUT2D eigenvalue weighted by atomic mass is 35.7. The van der Waals surface area contributed by atoms with Crippen LogP contribution in [0.2, 0.25) is 10.0 Å². The Hall–Kier alpha value is -0.630. The molecule has 19 heavy (non-hydrogen) atoms. The number of hydrogen-bond acceptors (Lipinski definition) is 3. The summed E-state index contributed by atoms with van der Waals surface area (Å²) in [7, 11) is 0.902. The van der Waals surface area contributed by atoms with Gasteiger partial charge in [0.25, 0.3) is 21.4 Å². The van der Waals surface area contributed by atoms with E-state index in [1.165, 1.54) is 0 Å². The summed E-state index contributed by atoms with van der Waals surface area (Å²) in [5, 5.41) is 1.28. The molecule has 0 saturated carbocycles. The molecule has 1 aromatic carbocycles. The number of halogens is 5. The highest BCUT2D eigenvalue weighted by Crippen LogP contribution is 2.31. The maximum absolute atomic E-state index is 12.0. The summed E-state index contributed by atoms with van der Waals surface area (Å²) in [4.78, 5) is 11.0. The third-order valence-corrected chi connectivity index (χ3v) is 4.01. The van der Waals surface area contributed by atoms with Gasteiger partial charge in [-0.25, -0.2) is 17.2 Å². The van der Waals surface area contributed by atoms with Crippen molar-refractivity contribution in [2.24, 2.45) is 0 Å². The largest absolute Gasteiger partial charge is 0.346 e. The van der Waals surface area contributed by atoms with Crippen LogP contribution in [-0.4, -0.2) is 27.3 Å². The molecule has 0 aliphatic heterocycles. The normalized spacial score (nSPS) is 11.7. The molecule has 0 heterocycles. The number of hydrogen-bond donors (Lipinski definition) is 1. The van der Waals surface area contributed by atoms with Gasteiger partial charge in [0.1, 0.15) is 4.90 Å². The molecular weight excluding hydrogens is 347 g/mol. The van der Waals surface area contributed by atoms with Gasteiger partial charge in [-0.05, 0) is 12.1 Å². The van der Waals surface area contributed by atoms with Crippen molar-refractivity contribution >= 4 is 48.8 Å². The molecule has 0 saturated heterocycles. The topological polar surface area (TPSA) is 63.2 Å². The molecule has 10 heteroatoms. The van der Waals surface area contributed by atoms with Gasteiger partial charge in [-0.15, -0.1) is 0 Å². The lowest BCUT2D eigenvalue weighted by molar-refractivity contribution is 0.0891. The molecule has 0 aromatic heterocycles. The van der Waals surface area contributed by atoms with Gasteiger partial charge in [0, 0.05) is 15.7 Å². The maximum atomic E-state index is 12.0. The van der Waals surface area contributed by atoms with Crippen molar-refractivity contribution in [2.45, 2.75) is 11.3 Å². The lowest BCUT2D eigenvalue weighted by Crippen LogP contribution is -2.28. The fraction of sp³-hybridized carbons (Fsp3) is 0.222. The first kappa shape index (κ1) is 16.4. The third kappa shape index (κ3) is 4.45. The van der Waals surface area contributed by atoms with Gasteiger partial charge in [-0.3, -0.25) is 4.79 Å². The van der Waals surface area contributed by atoms with Gasteiger partial charge < -0.3 is 5.32 Å². The Balaban J connectivity index is 3.22. The minimum absolute atomic E-state index is 0.120. The molecule has 4 nitrogen and oxygen atoms in total. The molecule has 0 fully saturated rings. The Morgan fingerprint density at radius 1 is 1.32 bits per heavy atom. The van der Waals surface area contributed by atoms with Crippen LogP contribution in [-0.2, 0) is 9.05 Å². The molecule has 0 aliphatic carbocycles. The molecule has 0 spiro atoms. The van der Waals surface area contributed by atoms with Gasteiger partial charge in [0.05, 0.1) is 17.1 Å². The quantitative estimate of drug-likeness (QED) is 0.848. The predicted octanol–water partition coefficient (Wildman–Crippen LogP) is 2.92. The van der Waals surface area contributed by atoms with Crippen molar-refractivity contribution in [3.63, 3.8) is 0 Å². The SMILES string of the molecule is O=C(NCC(F)F)c1cc(Cl)cc(S(=O)(=O)Cl)c1Cl.